The molecule has 2 heteroatoms. The van der Waals surface area contributed by atoms with Gasteiger partial charge < -0.3 is 4.57 Å². The second kappa shape index (κ2) is 6.48. The molecule has 0 saturated heterocycles. The first-order valence-electron chi connectivity index (χ1n) is 8.41. The van der Waals surface area contributed by atoms with Gasteiger partial charge in [0.15, 0.2) is 0 Å². The van der Waals surface area contributed by atoms with Gasteiger partial charge in [0, 0.05) is 16.5 Å². The molecule has 24 heavy (non-hydrogen) atoms. The molecule has 0 spiro atoms. The van der Waals surface area contributed by atoms with Crippen molar-refractivity contribution in [1.82, 2.24) is 4.57 Å². The molecule has 0 aliphatic heterocycles. The fourth-order valence-corrected chi connectivity index (χ4v) is 3.12. The van der Waals surface area contributed by atoms with Crippen LogP contribution in [0, 0.1) is 19.7 Å². The van der Waals surface area contributed by atoms with Crippen molar-refractivity contribution in [2.24, 2.45) is 0 Å². The molecule has 0 radical (unpaired) electrons. The van der Waals surface area contributed by atoms with Crippen molar-refractivity contribution in [3.05, 3.63) is 77.6 Å². The van der Waals surface area contributed by atoms with Crippen LogP contribution in [0.4, 0.5) is 4.39 Å². The van der Waals surface area contributed by atoms with Crippen LogP contribution in [0.25, 0.3) is 27.5 Å². The summed E-state index contributed by atoms with van der Waals surface area (Å²) >= 11 is 0. The molecule has 0 atom stereocenters. The predicted molar refractivity (Wildman–Crippen MR) is 102 cm³/mol. The van der Waals surface area contributed by atoms with Gasteiger partial charge in [-0.3, -0.25) is 0 Å². The standard InChI is InChI=1S/C20H16FN.C2H6/c1-13-3-9-19-17(11-13)18-12-14(2)4-10-20(18)22(19)16-7-5-15(21)6-8-16;1-2/h3-12H,1-2H3;1-2H3. The van der Waals surface area contributed by atoms with Gasteiger partial charge in [-0.1, -0.05) is 37.1 Å². The first-order chi connectivity index (χ1) is 11.6. The largest absolute Gasteiger partial charge is 0.309 e. The Kier molecular flexibility index (Phi) is 4.39. The van der Waals surface area contributed by atoms with Gasteiger partial charge >= 0.3 is 0 Å². The molecule has 0 N–H and O–H groups in total. The number of halogens is 1. The van der Waals surface area contributed by atoms with E-state index in [1.54, 1.807) is 0 Å². The van der Waals surface area contributed by atoms with E-state index < -0.39 is 0 Å². The molecule has 4 aromatic rings. The zero-order valence-electron chi connectivity index (χ0n) is 14.6. The number of nitrogens with zero attached hydrogens (tertiary/aromatic N) is 1. The second-order valence-corrected chi connectivity index (χ2v) is 5.85. The maximum atomic E-state index is 13.3. The Hall–Kier alpha value is -2.61. The highest BCUT2D eigenvalue weighted by Gasteiger charge is 2.12. The van der Waals surface area contributed by atoms with Crippen LogP contribution in [0.3, 0.4) is 0 Å². The van der Waals surface area contributed by atoms with E-state index >= 15 is 0 Å². The van der Waals surface area contributed by atoms with Crippen molar-refractivity contribution in [3.8, 4) is 5.69 Å². The van der Waals surface area contributed by atoms with Gasteiger partial charge in [0.25, 0.3) is 0 Å². The minimum absolute atomic E-state index is 0.212. The predicted octanol–water partition coefficient (Wildman–Crippen LogP) is 6.57. The molecule has 0 bridgehead atoms. The van der Waals surface area contributed by atoms with Crippen LogP contribution >= 0.6 is 0 Å². The Morgan fingerprint density at radius 1 is 0.667 bits per heavy atom. The number of rotatable bonds is 1. The highest BCUT2D eigenvalue weighted by Crippen LogP contribution is 2.33. The first kappa shape index (κ1) is 16.3. The number of aromatic nitrogens is 1. The number of aryl methyl sites for hydroxylation is 2. The van der Waals surface area contributed by atoms with E-state index in [0.717, 1.165) is 16.7 Å². The number of benzene rings is 3. The van der Waals surface area contributed by atoms with Crippen molar-refractivity contribution < 1.29 is 4.39 Å². The average Bonchev–Trinajstić information content (AvgIpc) is 2.90. The van der Waals surface area contributed by atoms with Gasteiger partial charge in [-0.05, 0) is 62.4 Å². The van der Waals surface area contributed by atoms with Crippen LogP contribution in [0.5, 0.6) is 0 Å². The van der Waals surface area contributed by atoms with Gasteiger partial charge in [-0.2, -0.15) is 0 Å². The maximum absolute atomic E-state index is 13.3. The molecule has 4 rings (SSSR count). The molecular formula is C22H22FN. The van der Waals surface area contributed by atoms with Gasteiger partial charge in [-0.15, -0.1) is 0 Å². The summed E-state index contributed by atoms with van der Waals surface area (Å²) in [4.78, 5) is 0. The lowest BCUT2D eigenvalue weighted by Crippen LogP contribution is -1.93. The van der Waals surface area contributed by atoms with E-state index in [9.17, 15) is 4.39 Å². The van der Waals surface area contributed by atoms with Crippen LogP contribution in [0.15, 0.2) is 60.7 Å². The van der Waals surface area contributed by atoms with Crippen LogP contribution in [-0.4, -0.2) is 4.57 Å². The summed E-state index contributed by atoms with van der Waals surface area (Å²) in [5.41, 5.74) is 5.77. The Balaban J connectivity index is 0.000000815. The smallest absolute Gasteiger partial charge is 0.123 e. The van der Waals surface area contributed by atoms with Crippen molar-refractivity contribution in [2.45, 2.75) is 27.7 Å². The lowest BCUT2D eigenvalue weighted by Gasteiger charge is -2.07. The van der Waals surface area contributed by atoms with Crippen molar-refractivity contribution in [1.29, 1.82) is 0 Å². The van der Waals surface area contributed by atoms with Crippen LogP contribution in [0.1, 0.15) is 25.0 Å². The molecule has 0 aliphatic rings. The average molecular weight is 319 g/mol. The number of hydrogen-bond donors (Lipinski definition) is 0. The molecule has 0 fully saturated rings. The molecule has 3 aromatic carbocycles. The van der Waals surface area contributed by atoms with Gasteiger partial charge in [0.1, 0.15) is 5.82 Å². The molecule has 1 aromatic heterocycles. The summed E-state index contributed by atoms with van der Waals surface area (Å²) in [5, 5.41) is 2.48. The van der Waals surface area contributed by atoms with Crippen molar-refractivity contribution in [2.75, 3.05) is 0 Å². The maximum Gasteiger partial charge on any atom is 0.123 e. The van der Waals surface area contributed by atoms with E-state index in [-0.39, 0.29) is 5.82 Å². The van der Waals surface area contributed by atoms with Crippen molar-refractivity contribution >= 4 is 21.8 Å². The summed E-state index contributed by atoms with van der Waals surface area (Å²) in [6, 6.07) is 19.6. The van der Waals surface area contributed by atoms with Crippen LogP contribution < -0.4 is 0 Å². The molecule has 1 heterocycles. The Bertz CT molecular complexity index is 935. The Labute approximate surface area is 142 Å². The monoisotopic (exact) mass is 319 g/mol. The number of fused-ring (bicyclic) bond motifs is 3. The molecule has 0 saturated carbocycles. The zero-order chi connectivity index (χ0) is 17.3. The topological polar surface area (TPSA) is 4.93 Å². The van der Waals surface area contributed by atoms with E-state index in [1.165, 1.54) is 34.0 Å². The van der Waals surface area contributed by atoms with Gasteiger partial charge in [0.2, 0.25) is 0 Å². The minimum Gasteiger partial charge on any atom is -0.309 e. The summed E-state index contributed by atoms with van der Waals surface area (Å²) < 4.78 is 15.5. The van der Waals surface area contributed by atoms with E-state index in [2.05, 4.69) is 54.8 Å². The van der Waals surface area contributed by atoms with Gasteiger partial charge in [-0.25, -0.2) is 4.39 Å². The third-order valence-electron chi connectivity index (χ3n) is 4.16. The van der Waals surface area contributed by atoms with E-state index in [4.69, 9.17) is 0 Å². The molecule has 1 nitrogen and oxygen atoms in total. The Morgan fingerprint density at radius 3 is 1.58 bits per heavy atom. The van der Waals surface area contributed by atoms with Crippen LogP contribution in [-0.2, 0) is 0 Å². The fourth-order valence-electron chi connectivity index (χ4n) is 3.12. The summed E-state index contributed by atoms with van der Waals surface area (Å²) in [6.45, 7) is 8.21. The zero-order valence-corrected chi connectivity index (χ0v) is 14.6. The first-order valence-corrected chi connectivity index (χ1v) is 8.41. The lowest BCUT2D eigenvalue weighted by molar-refractivity contribution is 0.627. The third kappa shape index (κ3) is 2.69. The van der Waals surface area contributed by atoms with E-state index in [0.29, 0.717) is 0 Å². The summed E-state index contributed by atoms with van der Waals surface area (Å²) in [6.07, 6.45) is 0. The normalized spacial score (nSPS) is 10.7. The molecule has 0 aliphatic carbocycles. The number of hydrogen-bond acceptors (Lipinski definition) is 0. The fraction of sp³-hybridized carbons (Fsp3) is 0.182. The molecular weight excluding hydrogens is 297 g/mol. The van der Waals surface area contributed by atoms with Crippen LogP contribution in [0.2, 0.25) is 0 Å². The third-order valence-corrected chi connectivity index (χ3v) is 4.16. The molecule has 0 amide bonds. The van der Waals surface area contributed by atoms with E-state index in [1.807, 2.05) is 26.0 Å². The van der Waals surface area contributed by atoms with Gasteiger partial charge in [0.05, 0.1) is 11.0 Å². The van der Waals surface area contributed by atoms with Crippen molar-refractivity contribution in [3.63, 3.8) is 0 Å². The molecule has 122 valence electrons. The lowest BCUT2D eigenvalue weighted by atomic mass is 10.1. The highest BCUT2D eigenvalue weighted by atomic mass is 19.1. The molecule has 0 unspecified atom stereocenters. The SMILES string of the molecule is CC.Cc1ccc2c(c1)c1cc(C)ccc1n2-c1ccc(F)cc1. The minimum atomic E-state index is -0.212. The highest BCUT2D eigenvalue weighted by molar-refractivity contribution is 6.09. The second-order valence-electron chi connectivity index (χ2n) is 5.85. The Morgan fingerprint density at radius 2 is 1.12 bits per heavy atom. The summed E-state index contributed by atoms with van der Waals surface area (Å²) in [5.74, 6) is -0.212. The summed E-state index contributed by atoms with van der Waals surface area (Å²) in [7, 11) is 0. The quantitative estimate of drug-likeness (QED) is 0.374.